The van der Waals surface area contributed by atoms with Gasteiger partial charge in [-0.3, -0.25) is 0 Å². The van der Waals surface area contributed by atoms with E-state index in [0.29, 0.717) is 0 Å². The first-order valence-electron chi connectivity index (χ1n) is 6.65. The SMILES string of the molecule is CCc1ccc2c(c1)NCC(c1ccc(Br)cc1Cl)O2. The molecule has 3 rings (SSSR count). The molecule has 2 aromatic rings. The zero-order valence-electron chi connectivity index (χ0n) is 11.1. The van der Waals surface area contributed by atoms with E-state index in [0.717, 1.165) is 39.5 Å². The van der Waals surface area contributed by atoms with Crippen molar-refractivity contribution in [3.63, 3.8) is 0 Å². The summed E-state index contributed by atoms with van der Waals surface area (Å²) < 4.78 is 7.05. The minimum absolute atomic E-state index is 0.0597. The van der Waals surface area contributed by atoms with E-state index in [4.69, 9.17) is 16.3 Å². The fourth-order valence-electron chi connectivity index (χ4n) is 2.37. The molecule has 0 saturated heterocycles. The summed E-state index contributed by atoms with van der Waals surface area (Å²) in [6, 6.07) is 12.2. The van der Waals surface area contributed by atoms with Crippen LogP contribution < -0.4 is 10.1 Å². The lowest BCUT2D eigenvalue weighted by molar-refractivity contribution is 0.210. The van der Waals surface area contributed by atoms with Crippen LogP contribution in [0.15, 0.2) is 40.9 Å². The molecule has 1 atom stereocenters. The highest BCUT2D eigenvalue weighted by Gasteiger charge is 2.22. The molecule has 1 N–H and O–H groups in total. The number of halogens is 2. The molecule has 0 spiro atoms. The van der Waals surface area contributed by atoms with Gasteiger partial charge in [0.2, 0.25) is 0 Å². The van der Waals surface area contributed by atoms with Crippen LogP contribution >= 0.6 is 27.5 Å². The Morgan fingerprint density at radius 3 is 2.90 bits per heavy atom. The topological polar surface area (TPSA) is 21.3 Å². The zero-order chi connectivity index (χ0) is 14.1. The third-order valence-corrected chi connectivity index (χ3v) is 4.33. The first-order chi connectivity index (χ1) is 9.67. The molecule has 0 aromatic heterocycles. The second-order valence-corrected chi connectivity index (χ2v) is 6.16. The zero-order valence-corrected chi connectivity index (χ0v) is 13.5. The summed E-state index contributed by atoms with van der Waals surface area (Å²) in [5.74, 6) is 0.887. The van der Waals surface area contributed by atoms with Crippen LogP contribution in [0.4, 0.5) is 5.69 Å². The molecule has 1 aliphatic rings. The van der Waals surface area contributed by atoms with Gasteiger partial charge in [0, 0.05) is 15.1 Å². The molecule has 104 valence electrons. The van der Waals surface area contributed by atoms with Gasteiger partial charge >= 0.3 is 0 Å². The monoisotopic (exact) mass is 351 g/mol. The van der Waals surface area contributed by atoms with Crippen LogP contribution in [0.3, 0.4) is 0 Å². The number of ether oxygens (including phenoxy) is 1. The van der Waals surface area contributed by atoms with Crippen molar-refractivity contribution in [2.75, 3.05) is 11.9 Å². The van der Waals surface area contributed by atoms with Gasteiger partial charge in [-0.1, -0.05) is 46.6 Å². The summed E-state index contributed by atoms with van der Waals surface area (Å²) in [5.41, 5.74) is 3.38. The van der Waals surface area contributed by atoms with Crippen molar-refractivity contribution in [3.05, 3.63) is 57.0 Å². The summed E-state index contributed by atoms with van der Waals surface area (Å²) in [7, 11) is 0. The minimum atomic E-state index is -0.0597. The van der Waals surface area contributed by atoms with E-state index in [9.17, 15) is 0 Å². The molecule has 0 saturated carbocycles. The van der Waals surface area contributed by atoms with Gasteiger partial charge in [0.1, 0.15) is 11.9 Å². The van der Waals surface area contributed by atoms with Gasteiger partial charge in [-0.15, -0.1) is 0 Å². The van der Waals surface area contributed by atoms with Crippen LogP contribution in [-0.2, 0) is 6.42 Å². The lowest BCUT2D eigenvalue weighted by Crippen LogP contribution is -2.24. The van der Waals surface area contributed by atoms with Gasteiger partial charge in [0.15, 0.2) is 0 Å². The Morgan fingerprint density at radius 1 is 1.30 bits per heavy atom. The molecular formula is C16H15BrClNO. The molecule has 20 heavy (non-hydrogen) atoms. The number of benzene rings is 2. The van der Waals surface area contributed by atoms with E-state index in [1.807, 2.05) is 24.3 Å². The molecular weight excluding hydrogens is 338 g/mol. The molecule has 4 heteroatoms. The van der Waals surface area contributed by atoms with Gasteiger partial charge in [-0.05, 0) is 36.2 Å². The molecule has 2 nitrogen and oxygen atoms in total. The molecule has 0 amide bonds. The molecule has 2 aromatic carbocycles. The molecule has 0 radical (unpaired) electrons. The van der Waals surface area contributed by atoms with Gasteiger partial charge in [0.25, 0.3) is 0 Å². The highest BCUT2D eigenvalue weighted by Crippen LogP contribution is 2.37. The molecule has 0 bridgehead atoms. The van der Waals surface area contributed by atoms with Crippen LogP contribution in [0.1, 0.15) is 24.2 Å². The Hall–Kier alpha value is -1.19. The Morgan fingerprint density at radius 2 is 2.15 bits per heavy atom. The number of fused-ring (bicyclic) bond motifs is 1. The molecule has 1 aliphatic heterocycles. The standard InChI is InChI=1S/C16H15BrClNO/c1-2-10-3-6-15-14(7-10)19-9-16(20-15)12-5-4-11(17)8-13(12)18/h3-8,16,19H,2,9H2,1H3. The number of aryl methyl sites for hydroxylation is 1. The first kappa shape index (κ1) is 13.8. The van der Waals surface area contributed by atoms with Crippen molar-refractivity contribution in [1.29, 1.82) is 0 Å². The van der Waals surface area contributed by atoms with Crippen LogP contribution in [0.25, 0.3) is 0 Å². The quantitative estimate of drug-likeness (QED) is 0.801. The Kier molecular flexibility index (Phi) is 3.90. The molecule has 0 fully saturated rings. The largest absolute Gasteiger partial charge is 0.482 e. The fourth-order valence-corrected chi connectivity index (χ4v) is 3.17. The Balaban J connectivity index is 1.88. The maximum Gasteiger partial charge on any atom is 0.143 e. The highest BCUT2D eigenvalue weighted by molar-refractivity contribution is 9.10. The maximum atomic E-state index is 6.30. The van der Waals surface area contributed by atoms with Crippen molar-refractivity contribution in [2.24, 2.45) is 0 Å². The predicted octanol–water partition coefficient (Wildman–Crippen LogP) is 5.21. The lowest BCUT2D eigenvalue weighted by atomic mass is 10.1. The highest BCUT2D eigenvalue weighted by atomic mass is 79.9. The van der Waals surface area contributed by atoms with Crippen LogP contribution in [-0.4, -0.2) is 6.54 Å². The maximum absolute atomic E-state index is 6.30. The van der Waals surface area contributed by atoms with E-state index >= 15 is 0 Å². The number of rotatable bonds is 2. The molecule has 1 heterocycles. The molecule has 0 aliphatic carbocycles. The van der Waals surface area contributed by atoms with Gasteiger partial charge < -0.3 is 10.1 Å². The molecule has 1 unspecified atom stereocenters. The smallest absolute Gasteiger partial charge is 0.143 e. The number of hydrogen-bond acceptors (Lipinski definition) is 2. The summed E-state index contributed by atoms with van der Waals surface area (Å²) in [6.07, 6.45) is 0.965. The number of anilines is 1. The number of hydrogen-bond donors (Lipinski definition) is 1. The second kappa shape index (κ2) is 5.66. The van der Waals surface area contributed by atoms with Crippen LogP contribution in [0.2, 0.25) is 5.02 Å². The van der Waals surface area contributed by atoms with Crippen molar-refractivity contribution >= 4 is 33.2 Å². The summed E-state index contributed by atoms with van der Waals surface area (Å²) in [6.45, 7) is 2.87. The summed E-state index contributed by atoms with van der Waals surface area (Å²) in [5, 5.41) is 4.15. The Bertz CT molecular complexity index is 644. The van der Waals surface area contributed by atoms with E-state index < -0.39 is 0 Å². The number of nitrogens with one attached hydrogen (secondary N) is 1. The minimum Gasteiger partial charge on any atom is -0.482 e. The fraction of sp³-hybridized carbons (Fsp3) is 0.250. The van der Waals surface area contributed by atoms with Crippen molar-refractivity contribution in [2.45, 2.75) is 19.4 Å². The normalized spacial score (nSPS) is 17.1. The van der Waals surface area contributed by atoms with Gasteiger partial charge in [0.05, 0.1) is 12.2 Å². The third-order valence-electron chi connectivity index (χ3n) is 3.51. The van der Waals surface area contributed by atoms with Crippen LogP contribution in [0, 0.1) is 0 Å². The average Bonchev–Trinajstić information content (AvgIpc) is 2.46. The van der Waals surface area contributed by atoms with Gasteiger partial charge in [-0.2, -0.15) is 0 Å². The average molecular weight is 353 g/mol. The van der Waals surface area contributed by atoms with Crippen molar-refractivity contribution < 1.29 is 4.74 Å². The summed E-state index contributed by atoms with van der Waals surface area (Å²) in [4.78, 5) is 0. The predicted molar refractivity (Wildman–Crippen MR) is 86.8 cm³/mol. The van der Waals surface area contributed by atoms with E-state index in [1.165, 1.54) is 5.56 Å². The second-order valence-electron chi connectivity index (χ2n) is 4.84. The first-order valence-corrected chi connectivity index (χ1v) is 7.83. The van der Waals surface area contributed by atoms with Crippen molar-refractivity contribution in [1.82, 2.24) is 0 Å². The van der Waals surface area contributed by atoms with E-state index in [1.54, 1.807) is 0 Å². The van der Waals surface area contributed by atoms with Crippen LogP contribution in [0.5, 0.6) is 5.75 Å². The summed E-state index contributed by atoms with van der Waals surface area (Å²) >= 11 is 9.72. The van der Waals surface area contributed by atoms with E-state index in [2.05, 4.69) is 40.3 Å². The van der Waals surface area contributed by atoms with Gasteiger partial charge in [-0.25, -0.2) is 0 Å². The third kappa shape index (κ3) is 2.65. The van der Waals surface area contributed by atoms with E-state index in [-0.39, 0.29) is 6.10 Å². The Labute approximate surface area is 132 Å². The lowest BCUT2D eigenvalue weighted by Gasteiger charge is -2.28. The van der Waals surface area contributed by atoms with Crippen molar-refractivity contribution in [3.8, 4) is 5.75 Å².